The molecule has 118 valence electrons. The molecule has 5 nitrogen and oxygen atoms in total. The average molecular weight is 340 g/mol. The van der Waals surface area contributed by atoms with Crippen LogP contribution in [0, 0.1) is 0 Å². The normalized spacial score (nSPS) is 10.5. The Morgan fingerprint density at radius 1 is 1.41 bits per heavy atom. The third-order valence-corrected chi connectivity index (χ3v) is 4.15. The molecule has 22 heavy (non-hydrogen) atoms. The van der Waals surface area contributed by atoms with Gasteiger partial charge in [0.15, 0.2) is 0 Å². The minimum Gasteiger partial charge on any atom is -0.492 e. The number of rotatable bonds is 7. The summed E-state index contributed by atoms with van der Waals surface area (Å²) in [6, 6.07) is 7.12. The third kappa shape index (κ3) is 4.69. The zero-order chi connectivity index (χ0) is 15.9. The number of carbonyl (C=O) groups excluding carboxylic acids is 1. The van der Waals surface area contributed by atoms with Gasteiger partial charge < -0.3 is 15.4 Å². The topological polar surface area (TPSA) is 68.5 Å². The van der Waals surface area contributed by atoms with E-state index in [1.54, 1.807) is 41.6 Å². The van der Waals surface area contributed by atoms with E-state index in [9.17, 15) is 4.79 Å². The first-order valence-corrected chi connectivity index (χ1v) is 8.14. The van der Waals surface area contributed by atoms with Crippen LogP contribution in [0.15, 0.2) is 29.6 Å². The molecule has 0 aliphatic carbocycles. The van der Waals surface area contributed by atoms with Gasteiger partial charge in [-0.3, -0.25) is 4.79 Å². The number of carbonyl (C=O) groups is 1. The summed E-state index contributed by atoms with van der Waals surface area (Å²) < 4.78 is 5.57. The highest BCUT2D eigenvalue weighted by atomic mass is 35.5. The van der Waals surface area contributed by atoms with Crippen molar-refractivity contribution in [3.05, 3.63) is 45.4 Å². The van der Waals surface area contributed by atoms with Crippen molar-refractivity contribution in [3.63, 3.8) is 0 Å². The number of ether oxygens (including phenoxy) is 1. The van der Waals surface area contributed by atoms with Crippen molar-refractivity contribution in [1.82, 2.24) is 9.88 Å². The van der Waals surface area contributed by atoms with E-state index in [1.807, 2.05) is 0 Å². The molecule has 1 aromatic heterocycles. The maximum absolute atomic E-state index is 12.2. The van der Waals surface area contributed by atoms with E-state index >= 15 is 0 Å². The Kier molecular flexibility index (Phi) is 6.18. The van der Waals surface area contributed by atoms with Gasteiger partial charge in [0.05, 0.1) is 11.6 Å². The molecule has 1 amide bonds. The highest BCUT2D eigenvalue weighted by Gasteiger charge is 2.15. The molecule has 0 saturated heterocycles. The molecule has 0 radical (unpaired) electrons. The van der Waals surface area contributed by atoms with Crippen LogP contribution in [0.5, 0.6) is 5.75 Å². The molecular weight excluding hydrogens is 322 g/mol. The highest BCUT2D eigenvalue weighted by Crippen LogP contribution is 2.15. The minimum atomic E-state index is -0.112. The summed E-state index contributed by atoms with van der Waals surface area (Å²) in [5.74, 6) is 0.614. The van der Waals surface area contributed by atoms with E-state index in [2.05, 4.69) is 4.98 Å². The number of halogens is 1. The fourth-order valence-electron chi connectivity index (χ4n) is 1.78. The molecular formula is C15H18ClN3O2S. The summed E-state index contributed by atoms with van der Waals surface area (Å²) >= 11 is 7.27. The van der Waals surface area contributed by atoms with Gasteiger partial charge in [0.2, 0.25) is 0 Å². The van der Waals surface area contributed by atoms with Crippen molar-refractivity contribution in [2.75, 3.05) is 26.7 Å². The lowest BCUT2D eigenvalue weighted by molar-refractivity contribution is 0.0768. The zero-order valence-corrected chi connectivity index (χ0v) is 13.9. The molecule has 0 aliphatic rings. The van der Waals surface area contributed by atoms with Crippen molar-refractivity contribution < 1.29 is 9.53 Å². The number of nitrogens with zero attached hydrogens (tertiary/aromatic N) is 2. The molecule has 1 heterocycles. The maximum atomic E-state index is 12.2. The average Bonchev–Trinajstić information content (AvgIpc) is 2.97. The third-order valence-electron chi connectivity index (χ3n) is 2.98. The molecule has 2 aromatic rings. The van der Waals surface area contributed by atoms with Gasteiger partial charge in [-0.15, -0.1) is 11.3 Å². The molecule has 1 aromatic carbocycles. The van der Waals surface area contributed by atoms with Gasteiger partial charge in [0.1, 0.15) is 18.1 Å². The number of thiazole rings is 1. The fraction of sp³-hybridized carbons (Fsp3) is 0.333. The van der Waals surface area contributed by atoms with Crippen LogP contribution < -0.4 is 10.5 Å². The summed E-state index contributed by atoms with van der Waals surface area (Å²) in [5, 5.41) is 3.32. The minimum absolute atomic E-state index is 0.112. The summed E-state index contributed by atoms with van der Waals surface area (Å²) in [5.41, 5.74) is 5.94. The Morgan fingerprint density at radius 2 is 2.14 bits per heavy atom. The Hall–Kier alpha value is -1.63. The molecule has 7 heteroatoms. The van der Waals surface area contributed by atoms with E-state index in [-0.39, 0.29) is 5.91 Å². The predicted octanol–water partition coefficient (Wildman–Crippen LogP) is 2.45. The summed E-state index contributed by atoms with van der Waals surface area (Å²) in [6.45, 7) is 1.42. The Morgan fingerprint density at radius 3 is 2.82 bits per heavy atom. The maximum Gasteiger partial charge on any atom is 0.273 e. The molecule has 2 N–H and O–H groups in total. The summed E-state index contributed by atoms with van der Waals surface area (Å²) in [7, 11) is 1.73. The predicted molar refractivity (Wildman–Crippen MR) is 88.8 cm³/mol. The Bertz CT molecular complexity index is 616. The Balaban J connectivity index is 1.81. The van der Waals surface area contributed by atoms with Crippen LogP contribution in [0.3, 0.4) is 0 Å². The highest BCUT2D eigenvalue weighted by molar-refractivity contribution is 7.09. The van der Waals surface area contributed by atoms with E-state index in [4.69, 9.17) is 22.1 Å². The first-order chi connectivity index (χ1) is 10.6. The number of amides is 1. The van der Waals surface area contributed by atoms with E-state index in [0.717, 1.165) is 10.8 Å². The number of nitrogens with two attached hydrogens (primary N) is 1. The first-order valence-electron chi connectivity index (χ1n) is 6.88. The quantitative estimate of drug-likeness (QED) is 0.841. The molecule has 2 rings (SSSR count). The van der Waals surface area contributed by atoms with Crippen molar-refractivity contribution in [2.24, 2.45) is 5.73 Å². The van der Waals surface area contributed by atoms with E-state index in [0.29, 0.717) is 36.8 Å². The van der Waals surface area contributed by atoms with Crippen molar-refractivity contribution in [1.29, 1.82) is 0 Å². The van der Waals surface area contributed by atoms with Gasteiger partial charge in [-0.05, 0) is 30.8 Å². The van der Waals surface area contributed by atoms with Crippen LogP contribution in [-0.4, -0.2) is 42.5 Å². The molecule has 0 saturated carbocycles. The van der Waals surface area contributed by atoms with Gasteiger partial charge in [0.25, 0.3) is 5.91 Å². The SMILES string of the molecule is CN(CCOc1ccc(Cl)cc1)C(=O)c1csc(CCN)n1. The second-order valence-corrected chi connectivity index (χ2v) is 6.07. The smallest absolute Gasteiger partial charge is 0.273 e. The van der Waals surface area contributed by atoms with Gasteiger partial charge in [0, 0.05) is 23.9 Å². The molecule has 0 aliphatic heterocycles. The summed E-state index contributed by atoms with van der Waals surface area (Å²) in [4.78, 5) is 18.1. The number of likely N-dealkylation sites (N-methyl/N-ethyl adjacent to an activating group) is 1. The van der Waals surface area contributed by atoms with Crippen molar-refractivity contribution in [3.8, 4) is 5.75 Å². The van der Waals surface area contributed by atoms with Gasteiger partial charge >= 0.3 is 0 Å². The zero-order valence-electron chi connectivity index (χ0n) is 12.3. The second-order valence-electron chi connectivity index (χ2n) is 4.69. The lowest BCUT2D eigenvalue weighted by Gasteiger charge is -2.16. The van der Waals surface area contributed by atoms with Gasteiger partial charge in [-0.25, -0.2) is 4.98 Å². The van der Waals surface area contributed by atoms with Crippen molar-refractivity contribution in [2.45, 2.75) is 6.42 Å². The molecule has 0 atom stereocenters. The first kappa shape index (κ1) is 16.7. The van der Waals surface area contributed by atoms with Crippen LogP contribution in [0.25, 0.3) is 0 Å². The number of benzene rings is 1. The Labute approximate surface area is 138 Å². The second kappa shape index (κ2) is 8.12. The molecule has 0 fully saturated rings. The van der Waals surface area contributed by atoms with Crippen LogP contribution in [0.2, 0.25) is 5.02 Å². The fourth-order valence-corrected chi connectivity index (χ4v) is 2.69. The largest absolute Gasteiger partial charge is 0.492 e. The van der Waals surface area contributed by atoms with E-state index in [1.165, 1.54) is 11.3 Å². The van der Waals surface area contributed by atoms with Gasteiger partial charge in [-0.1, -0.05) is 11.6 Å². The standard InChI is InChI=1S/C15H18ClN3O2S/c1-19(8-9-21-12-4-2-11(16)3-5-12)15(20)13-10-22-14(18-13)6-7-17/h2-5,10H,6-9,17H2,1H3. The molecule has 0 bridgehead atoms. The summed E-state index contributed by atoms with van der Waals surface area (Å²) in [6.07, 6.45) is 0.696. The monoisotopic (exact) mass is 339 g/mol. The van der Waals surface area contributed by atoms with E-state index < -0.39 is 0 Å². The van der Waals surface area contributed by atoms with Crippen LogP contribution in [0.1, 0.15) is 15.5 Å². The number of hydrogen-bond donors (Lipinski definition) is 1. The number of aromatic nitrogens is 1. The lowest BCUT2D eigenvalue weighted by Crippen LogP contribution is -2.31. The molecule has 0 unspecified atom stereocenters. The van der Waals surface area contributed by atoms with Crippen LogP contribution in [-0.2, 0) is 6.42 Å². The lowest BCUT2D eigenvalue weighted by atomic mass is 10.3. The van der Waals surface area contributed by atoms with Crippen molar-refractivity contribution >= 4 is 28.8 Å². The van der Waals surface area contributed by atoms with Crippen LogP contribution >= 0.6 is 22.9 Å². The number of hydrogen-bond acceptors (Lipinski definition) is 5. The van der Waals surface area contributed by atoms with Gasteiger partial charge in [-0.2, -0.15) is 0 Å². The van der Waals surface area contributed by atoms with Crippen LogP contribution in [0.4, 0.5) is 0 Å². The molecule has 0 spiro atoms.